The van der Waals surface area contributed by atoms with Crippen molar-refractivity contribution in [2.75, 3.05) is 0 Å². The Morgan fingerprint density at radius 3 is 1.44 bits per heavy atom. The van der Waals surface area contributed by atoms with Crippen molar-refractivity contribution in [2.45, 2.75) is 0 Å². The molecule has 0 fully saturated rings. The van der Waals surface area contributed by atoms with Crippen molar-refractivity contribution < 1.29 is 0 Å². The van der Waals surface area contributed by atoms with Crippen LogP contribution in [0.4, 0.5) is 0 Å². The lowest BCUT2D eigenvalue weighted by Crippen LogP contribution is -1.99. The van der Waals surface area contributed by atoms with Crippen LogP contribution in [-0.2, 0) is 0 Å². The Kier molecular flexibility index (Phi) is 6.44. The van der Waals surface area contributed by atoms with E-state index in [1.54, 1.807) is 0 Å². The molecule has 0 aliphatic heterocycles. The first-order valence-corrected chi connectivity index (χ1v) is 20.0. The minimum atomic E-state index is 1.03. The zero-order chi connectivity index (χ0) is 35.3. The molecule has 0 atom stereocenters. The van der Waals surface area contributed by atoms with Gasteiger partial charge in [-0.1, -0.05) is 115 Å². The average Bonchev–Trinajstić information content (AvgIpc) is 3.80. The maximum atomic E-state index is 5.05. The maximum absolute atomic E-state index is 5.05. The fourth-order valence-corrected chi connectivity index (χ4v) is 10.9. The Balaban J connectivity index is 1.12. The first-order valence-electron chi connectivity index (χ1n) is 18.3. The molecule has 0 spiro atoms. The summed E-state index contributed by atoms with van der Waals surface area (Å²) in [7, 11) is 0. The molecule has 3 heterocycles. The number of hydrogen-bond donors (Lipinski definition) is 0. The fraction of sp³-hybridized carbons (Fsp3) is 0. The molecule has 1 aliphatic carbocycles. The average molecular weight is 720 g/mol. The highest BCUT2D eigenvalue weighted by Crippen LogP contribution is 2.51. The van der Waals surface area contributed by atoms with Gasteiger partial charge in [-0.05, 0) is 116 Å². The Hall–Kier alpha value is -6.39. The second-order valence-electron chi connectivity index (χ2n) is 14.2. The number of rotatable bonds is 2. The Morgan fingerprint density at radius 1 is 0.315 bits per heavy atom. The summed E-state index contributed by atoms with van der Waals surface area (Å²) < 4.78 is 5.30. The topological polar surface area (TPSA) is 12.9 Å². The standard InChI is InChI=1S/C51H29NS2/c1-2-12-40-35(9-1)42-26-31(33-18-23-48-44(28-33)38-10-3-5-13-46(38)53-48)16-20-36(42)37-21-17-32(27-43(37)41-22-15-30-8-7-25-52-51(30)50(40)41)34-19-24-49-45(29-34)39-11-4-6-14-47(39)54-49/h1-29H. The van der Waals surface area contributed by atoms with Gasteiger partial charge in [0.1, 0.15) is 0 Å². The van der Waals surface area contributed by atoms with Crippen molar-refractivity contribution in [3.63, 3.8) is 0 Å². The van der Waals surface area contributed by atoms with Crippen LogP contribution in [0.5, 0.6) is 0 Å². The van der Waals surface area contributed by atoms with E-state index in [1.807, 2.05) is 34.9 Å². The highest BCUT2D eigenvalue weighted by molar-refractivity contribution is 7.26. The van der Waals surface area contributed by atoms with Crippen LogP contribution in [0.15, 0.2) is 176 Å². The third-order valence-corrected chi connectivity index (χ3v) is 13.6. The number of aromatic nitrogens is 1. The largest absolute Gasteiger partial charge is 0.256 e. The lowest BCUT2D eigenvalue weighted by molar-refractivity contribution is 1.41. The molecule has 1 aliphatic rings. The SMILES string of the molecule is c1ccc2c(c1)-c1cc(-c3ccc4sc5ccccc5c4c3)ccc1-c1ccc(-c3ccc4sc5ccccc5c4c3)cc1-c1ccc3cccnc3c1-2. The predicted octanol–water partition coefficient (Wildman–Crippen LogP) is 15.3. The van der Waals surface area contributed by atoms with E-state index in [0.717, 1.165) is 10.9 Å². The molecule has 0 bridgehead atoms. The van der Waals surface area contributed by atoms with E-state index in [-0.39, 0.29) is 0 Å². The molecule has 250 valence electrons. The molecule has 54 heavy (non-hydrogen) atoms. The van der Waals surface area contributed by atoms with Crippen LogP contribution >= 0.6 is 22.7 Å². The second-order valence-corrected chi connectivity index (χ2v) is 16.4. The quantitative estimate of drug-likeness (QED) is 0.173. The van der Waals surface area contributed by atoms with Gasteiger partial charge < -0.3 is 0 Å². The molecule has 11 aromatic rings. The number of benzene rings is 8. The predicted molar refractivity (Wildman–Crippen MR) is 234 cm³/mol. The van der Waals surface area contributed by atoms with E-state index >= 15 is 0 Å². The fourth-order valence-electron chi connectivity index (χ4n) is 8.75. The summed E-state index contributed by atoms with van der Waals surface area (Å²) in [4.78, 5) is 5.05. The van der Waals surface area contributed by atoms with Crippen LogP contribution in [-0.4, -0.2) is 4.98 Å². The first kappa shape index (κ1) is 30.1. The lowest BCUT2D eigenvalue weighted by Gasteiger charge is -2.25. The number of hydrogen-bond acceptors (Lipinski definition) is 3. The van der Waals surface area contributed by atoms with Crippen molar-refractivity contribution in [2.24, 2.45) is 0 Å². The van der Waals surface area contributed by atoms with Crippen LogP contribution in [0.1, 0.15) is 0 Å². The van der Waals surface area contributed by atoms with Crippen molar-refractivity contribution in [1.82, 2.24) is 4.98 Å². The summed E-state index contributed by atoms with van der Waals surface area (Å²) in [5.41, 5.74) is 15.6. The van der Waals surface area contributed by atoms with Gasteiger partial charge in [0, 0.05) is 57.5 Å². The van der Waals surface area contributed by atoms with Crippen LogP contribution in [0.3, 0.4) is 0 Å². The van der Waals surface area contributed by atoms with Gasteiger partial charge in [-0.2, -0.15) is 0 Å². The van der Waals surface area contributed by atoms with Crippen LogP contribution < -0.4 is 0 Å². The molecule has 0 amide bonds. The zero-order valence-electron chi connectivity index (χ0n) is 29.0. The summed E-state index contributed by atoms with van der Waals surface area (Å²) in [6.07, 6.45) is 1.93. The molecular weight excluding hydrogens is 691 g/mol. The van der Waals surface area contributed by atoms with Gasteiger partial charge >= 0.3 is 0 Å². The van der Waals surface area contributed by atoms with E-state index < -0.39 is 0 Å². The van der Waals surface area contributed by atoms with E-state index in [0.29, 0.717) is 0 Å². The molecule has 3 heteroatoms. The zero-order valence-corrected chi connectivity index (χ0v) is 30.6. The van der Waals surface area contributed by atoms with Gasteiger partial charge in [0.15, 0.2) is 0 Å². The van der Waals surface area contributed by atoms with Crippen LogP contribution in [0.25, 0.3) is 118 Å². The smallest absolute Gasteiger partial charge is 0.0786 e. The molecule has 0 radical (unpaired) electrons. The van der Waals surface area contributed by atoms with Crippen molar-refractivity contribution in [3.05, 3.63) is 176 Å². The Labute approximate surface area is 320 Å². The Morgan fingerprint density at radius 2 is 0.796 bits per heavy atom. The van der Waals surface area contributed by atoms with E-state index in [2.05, 4.69) is 164 Å². The van der Waals surface area contributed by atoms with Crippen molar-refractivity contribution >= 4 is 73.9 Å². The molecular formula is C51H29NS2. The van der Waals surface area contributed by atoms with Gasteiger partial charge in [0.25, 0.3) is 0 Å². The summed E-state index contributed by atoms with van der Waals surface area (Å²) in [6, 6.07) is 63.3. The van der Waals surface area contributed by atoms with Gasteiger partial charge in [-0.3, -0.25) is 4.98 Å². The summed E-state index contributed by atoms with van der Waals surface area (Å²) in [5.74, 6) is 0. The minimum Gasteiger partial charge on any atom is -0.256 e. The second kappa shape index (κ2) is 11.6. The maximum Gasteiger partial charge on any atom is 0.0786 e. The Bertz CT molecular complexity index is 3340. The van der Waals surface area contributed by atoms with Crippen LogP contribution in [0.2, 0.25) is 0 Å². The normalized spacial score (nSPS) is 12.1. The van der Waals surface area contributed by atoms with E-state index in [1.165, 1.54) is 107 Å². The van der Waals surface area contributed by atoms with Crippen molar-refractivity contribution in [1.29, 1.82) is 0 Å². The molecule has 0 unspecified atom stereocenters. The summed E-state index contributed by atoms with van der Waals surface area (Å²) in [5, 5.41) is 6.42. The number of pyridine rings is 1. The van der Waals surface area contributed by atoms with Gasteiger partial charge in [0.2, 0.25) is 0 Å². The molecule has 0 saturated heterocycles. The molecule has 12 rings (SSSR count). The van der Waals surface area contributed by atoms with Crippen molar-refractivity contribution in [3.8, 4) is 66.8 Å². The molecule has 0 N–H and O–H groups in total. The number of thiophene rings is 2. The molecule has 8 aromatic carbocycles. The summed E-state index contributed by atoms with van der Waals surface area (Å²) in [6.45, 7) is 0. The summed E-state index contributed by atoms with van der Waals surface area (Å²) >= 11 is 3.73. The van der Waals surface area contributed by atoms with Gasteiger partial charge in [-0.15, -0.1) is 22.7 Å². The van der Waals surface area contributed by atoms with Crippen LogP contribution in [0, 0.1) is 0 Å². The number of nitrogens with zero attached hydrogens (tertiary/aromatic N) is 1. The monoisotopic (exact) mass is 719 g/mol. The molecule has 3 aromatic heterocycles. The molecule has 0 saturated carbocycles. The highest BCUT2D eigenvalue weighted by Gasteiger charge is 2.25. The highest BCUT2D eigenvalue weighted by atomic mass is 32.1. The van der Waals surface area contributed by atoms with E-state index in [4.69, 9.17) is 4.98 Å². The third-order valence-electron chi connectivity index (χ3n) is 11.3. The minimum absolute atomic E-state index is 1.03. The van der Waals surface area contributed by atoms with E-state index in [9.17, 15) is 0 Å². The van der Waals surface area contributed by atoms with Gasteiger partial charge in [-0.25, -0.2) is 0 Å². The lowest BCUT2D eigenvalue weighted by atomic mass is 9.78. The molecule has 1 nitrogen and oxygen atoms in total. The first-order chi connectivity index (χ1) is 26.7. The van der Waals surface area contributed by atoms with Gasteiger partial charge in [0.05, 0.1) is 5.52 Å². The third kappa shape index (κ3) is 4.46. The number of fused-ring (bicyclic) bond motifs is 16.